The van der Waals surface area contributed by atoms with Crippen LogP contribution in [0.5, 0.6) is 5.75 Å². The monoisotopic (exact) mass is 334 g/mol. The molecule has 0 spiro atoms. The van der Waals surface area contributed by atoms with Gasteiger partial charge in [-0.25, -0.2) is 0 Å². The van der Waals surface area contributed by atoms with E-state index in [1.54, 1.807) is 10.8 Å². The fraction of sp³-hybridized carbons (Fsp3) is 0.238. The summed E-state index contributed by atoms with van der Waals surface area (Å²) in [6.45, 7) is 6.40. The second-order valence-corrected chi connectivity index (χ2v) is 6.09. The first-order chi connectivity index (χ1) is 12.1. The fourth-order valence-electron chi connectivity index (χ4n) is 2.77. The number of carbonyl (C=O) groups excluding carboxylic acids is 1. The highest BCUT2D eigenvalue weighted by Crippen LogP contribution is 2.26. The molecule has 4 nitrogen and oxygen atoms in total. The van der Waals surface area contributed by atoms with Crippen molar-refractivity contribution >= 4 is 16.7 Å². The van der Waals surface area contributed by atoms with Gasteiger partial charge in [-0.2, -0.15) is 0 Å². The van der Waals surface area contributed by atoms with Crippen LogP contribution in [-0.2, 0) is 0 Å². The van der Waals surface area contributed by atoms with Crippen LogP contribution in [0.15, 0.2) is 65.8 Å². The second kappa shape index (κ2) is 7.34. The van der Waals surface area contributed by atoms with Crippen molar-refractivity contribution in [2.24, 2.45) is 4.99 Å². The van der Waals surface area contributed by atoms with Crippen molar-refractivity contribution in [1.29, 1.82) is 0 Å². The third kappa shape index (κ3) is 3.63. The van der Waals surface area contributed by atoms with E-state index in [9.17, 15) is 4.79 Å². The quantitative estimate of drug-likeness (QED) is 0.723. The van der Waals surface area contributed by atoms with Crippen molar-refractivity contribution in [3.63, 3.8) is 0 Å². The second-order valence-electron chi connectivity index (χ2n) is 6.09. The molecule has 3 rings (SSSR count). The molecule has 0 atom stereocenters. The Morgan fingerprint density at radius 1 is 1.08 bits per heavy atom. The van der Waals surface area contributed by atoms with Gasteiger partial charge in [0.1, 0.15) is 11.2 Å². The number of aromatic nitrogens is 1. The van der Waals surface area contributed by atoms with Crippen molar-refractivity contribution in [2.75, 3.05) is 6.61 Å². The van der Waals surface area contributed by atoms with Crippen LogP contribution >= 0.6 is 0 Å². The largest absolute Gasteiger partial charge is 0.493 e. The van der Waals surface area contributed by atoms with Crippen molar-refractivity contribution in [3.05, 3.63) is 71.8 Å². The Kier molecular flexibility index (Phi) is 4.98. The average Bonchev–Trinajstić information content (AvgIpc) is 2.61. The number of carbonyl (C=O) groups is 1. The van der Waals surface area contributed by atoms with E-state index in [4.69, 9.17) is 4.74 Å². The van der Waals surface area contributed by atoms with Crippen LogP contribution in [0.25, 0.3) is 10.8 Å². The van der Waals surface area contributed by atoms with Gasteiger partial charge in [0, 0.05) is 12.2 Å². The minimum Gasteiger partial charge on any atom is -0.493 e. The highest BCUT2D eigenvalue weighted by molar-refractivity contribution is 6.02. The highest BCUT2D eigenvalue weighted by atomic mass is 16.5. The maximum atomic E-state index is 13.2. The third-order valence-corrected chi connectivity index (χ3v) is 3.83. The Labute approximate surface area is 147 Å². The highest BCUT2D eigenvalue weighted by Gasteiger charge is 2.16. The predicted octanol–water partition coefficient (Wildman–Crippen LogP) is 4.04. The van der Waals surface area contributed by atoms with E-state index in [2.05, 4.69) is 4.99 Å². The van der Waals surface area contributed by atoms with Gasteiger partial charge in [0.2, 0.25) is 0 Å². The Hall–Kier alpha value is -2.88. The Morgan fingerprint density at radius 3 is 2.44 bits per heavy atom. The van der Waals surface area contributed by atoms with Gasteiger partial charge in [-0.05, 0) is 55.8 Å². The maximum Gasteiger partial charge on any atom is 0.267 e. The normalized spacial score (nSPS) is 11.9. The molecule has 1 heterocycles. The van der Waals surface area contributed by atoms with E-state index < -0.39 is 0 Å². The molecule has 128 valence electrons. The summed E-state index contributed by atoms with van der Waals surface area (Å²) in [5, 5.41) is 2.06. The standard InChI is InChI=1S/C21H22N2O2/c1-4-25-19-14-17-10-6-5-9-16(17)13-18(19)21(24)23-12-8-7-11-20(23)22-15(2)3/h5-15H,4H2,1-3H3. The van der Waals surface area contributed by atoms with Gasteiger partial charge >= 0.3 is 0 Å². The van der Waals surface area contributed by atoms with Crippen LogP contribution in [-0.4, -0.2) is 23.1 Å². The zero-order valence-corrected chi connectivity index (χ0v) is 14.8. The van der Waals surface area contributed by atoms with Crippen molar-refractivity contribution in [1.82, 2.24) is 4.57 Å². The molecular weight excluding hydrogens is 312 g/mol. The SMILES string of the molecule is CCOc1cc2ccccc2cc1C(=O)n1ccccc1=NC(C)C. The molecule has 2 aromatic carbocycles. The molecule has 25 heavy (non-hydrogen) atoms. The van der Waals surface area contributed by atoms with Crippen molar-refractivity contribution in [2.45, 2.75) is 26.8 Å². The molecule has 0 bridgehead atoms. The summed E-state index contributed by atoms with van der Waals surface area (Å²) in [7, 11) is 0. The Bertz CT molecular complexity index is 971. The predicted molar refractivity (Wildman–Crippen MR) is 100.0 cm³/mol. The summed E-state index contributed by atoms with van der Waals surface area (Å²) >= 11 is 0. The van der Waals surface area contributed by atoms with E-state index in [-0.39, 0.29) is 11.9 Å². The molecule has 0 unspecified atom stereocenters. The topological polar surface area (TPSA) is 43.6 Å². The number of hydrogen-bond acceptors (Lipinski definition) is 3. The fourth-order valence-corrected chi connectivity index (χ4v) is 2.77. The van der Waals surface area contributed by atoms with E-state index in [0.29, 0.717) is 23.4 Å². The summed E-state index contributed by atoms with van der Waals surface area (Å²) in [6, 6.07) is 17.4. The number of nitrogens with zero attached hydrogens (tertiary/aromatic N) is 2. The van der Waals surface area contributed by atoms with Gasteiger partial charge in [0.05, 0.1) is 12.2 Å². The van der Waals surface area contributed by atoms with Gasteiger partial charge in [-0.3, -0.25) is 14.4 Å². The van der Waals surface area contributed by atoms with Crippen molar-refractivity contribution < 1.29 is 9.53 Å². The molecule has 0 aliphatic rings. The first kappa shape index (κ1) is 17.0. The minimum atomic E-state index is -0.144. The molecule has 0 N–H and O–H groups in total. The molecule has 0 amide bonds. The lowest BCUT2D eigenvalue weighted by Gasteiger charge is -2.13. The Balaban J connectivity index is 2.19. The summed E-state index contributed by atoms with van der Waals surface area (Å²) in [5.74, 6) is 0.451. The minimum absolute atomic E-state index is 0.101. The molecule has 0 aliphatic heterocycles. The van der Waals surface area contributed by atoms with Crippen LogP contribution in [0.3, 0.4) is 0 Å². The number of fused-ring (bicyclic) bond motifs is 1. The van der Waals surface area contributed by atoms with Crippen LogP contribution in [0.1, 0.15) is 31.1 Å². The van der Waals surface area contributed by atoms with Gasteiger partial charge in [-0.15, -0.1) is 0 Å². The molecule has 0 aliphatic carbocycles. The molecular formula is C21H22N2O2. The van der Waals surface area contributed by atoms with Crippen molar-refractivity contribution in [3.8, 4) is 5.75 Å². The van der Waals surface area contributed by atoms with E-state index in [0.717, 1.165) is 10.8 Å². The lowest BCUT2D eigenvalue weighted by atomic mass is 10.1. The molecule has 1 aromatic heterocycles. The summed E-state index contributed by atoms with van der Waals surface area (Å²) in [6.07, 6.45) is 1.74. The number of benzene rings is 2. The van der Waals surface area contributed by atoms with Gasteiger partial charge < -0.3 is 4.74 Å². The van der Waals surface area contributed by atoms with E-state index >= 15 is 0 Å². The summed E-state index contributed by atoms with van der Waals surface area (Å²) in [5.41, 5.74) is 1.18. The van der Waals surface area contributed by atoms with E-state index in [1.165, 1.54) is 0 Å². The number of ether oxygens (including phenoxy) is 1. The average molecular weight is 334 g/mol. The molecule has 0 saturated carbocycles. The zero-order chi connectivity index (χ0) is 17.8. The first-order valence-electron chi connectivity index (χ1n) is 8.52. The molecule has 4 heteroatoms. The number of rotatable bonds is 4. The van der Waals surface area contributed by atoms with Crippen LogP contribution in [0.4, 0.5) is 0 Å². The molecule has 0 radical (unpaired) electrons. The van der Waals surface area contributed by atoms with E-state index in [1.807, 2.05) is 75.4 Å². The molecule has 0 saturated heterocycles. The summed E-state index contributed by atoms with van der Waals surface area (Å²) in [4.78, 5) is 17.8. The lowest BCUT2D eigenvalue weighted by Crippen LogP contribution is -2.28. The molecule has 3 aromatic rings. The van der Waals surface area contributed by atoms with Crippen LogP contribution < -0.4 is 10.2 Å². The van der Waals surface area contributed by atoms with Gasteiger partial charge in [-0.1, -0.05) is 30.3 Å². The lowest BCUT2D eigenvalue weighted by molar-refractivity contribution is 0.0951. The third-order valence-electron chi connectivity index (χ3n) is 3.83. The number of hydrogen-bond donors (Lipinski definition) is 0. The summed E-state index contributed by atoms with van der Waals surface area (Å²) < 4.78 is 7.32. The Morgan fingerprint density at radius 2 is 1.76 bits per heavy atom. The first-order valence-corrected chi connectivity index (χ1v) is 8.52. The van der Waals surface area contributed by atoms with Crippen LogP contribution in [0.2, 0.25) is 0 Å². The van der Waals surface area contributed by atoms with Gasteiger partial charge in [0.15, 0.2) is 0 Å². The van der Waals surface area contributed by atoms with Crippen LogP contribution in [0, 0.1) is 0 Å². The maximum absolute atomic E-state index is 13.2. The smallest absolute Gasteiger partial charge is 0.267 e. The zero-order valence-electron chi connectivity index (χ0n) is 14.8. The number of pyridine rings is 1. The van der Waals surface area contributed by atoms with Gasteiger partial charge in [0.25, 0.3) is 5.91 Å². The molecule has 0 fully saturated rings.